The molecule has 2 nitrogen and oxygen atoms in total. The number of hydrogen-bond donors (Lipinski definition) is 1. The molecule has 25 heavy (non-hydrogen) atoms. The Hall–Kier alpha value is -1.12. The quantitative estimate of drug-likeness (QED) is 0.276. The SMILES string of the molecule is C=CC[C@@](O)(CCCCCCCCCCC)COCc1ccccc1. The molecule has 0 aliphatic rings. The summed E-state index contributed by atoms with van der Waals surface area (Å²) in [5, 5.41) is 10.8. The second-order valence-corrected chi connectivity index (χ2v) is 7.27. The third-order valence-electron chi connectivity index (χ3n) is 4.75. The zero-order valence-corrected chi connectivity index (χ0v) is 16.2. The Bertz CT molecular complexity index is 429. The Kier molecular flexibility index (Phi) is 12.4. The van der Waals surface area contributed by atoms with Crippen LogP contribution in [-0.4, -0.2) is 17.3 Å². The lowest BCUT2D eigenvalue weighted by molar-refractivity contribution is -0.0561. The average molecular weight is 347 g/mol. The summed E-state index contributed by atoms with van der Waals surface area (Å²) in [4.78, 5) is 0. The average Bonchev–Trinajstić information content (AvgIpc) is 2.61. The smallest absolute Gasteiger partial charge is 0.0914 e. The molecule has 0 bridgehead atoms. The topological polar surface area (TPSA) is 29.5 Å². The molecule has 142 valence electrons. The molecule has 1 N–H and O–H groups in total. The highest BCUT2D eigenvalue weighted by atomic mass is 16.5. The van der Waals surface area contributed by atoms with E-state index in [1.807, 2.05) is 30.3 Å². The van der Waals surface area contributed by atoms with Gasteiger partial charge < -0.3 is 9.84 Å². The van der Waals surface area contributed by atoms with Crippen molar-refractivity contribution in [3.05, 3.63) is 48.6 Å². The molecule has 0 amide bonds. The number of rotatable bonds is 16. The van der Waals surface area contributed by atoms with E-state index in [1.54, 1.807) is 6.08 Å². The largest absolute Gasteiger partial charge is 0.387 e. The Balaban J connectivity index is 2.15. The van der Waals surface area contributed by atoms with E-state index in [0.717, 1.165) is 18.4 Å². The number of hydrogen-bond acceptors (Lipinski definition) is 2. The van der Waals surface area contributed by atoms with E-state index >= 15 is 0 Å². The van der Waals surface area contributed by atoms with Crippen LogP contribution in [0.2, 0.25) is 0 Å². The molecule has 2 heteroatoms. The van der Waals surface area contributed by atoms with E-state index in [0.29, 0.717) is 19.6 Å². The van der Waals surface area contributed by atoms with Crippen LogP contribution in [-0.2, 0) is 11.3 Å². The van der Waals surface area contributed by atoms with E-state index in [2.05, 4.69) is 13.5 Å². The van der Waals surface area contributed by atoms with E-state index in [-0.39, 0.29) is 0 Å². The van der Waals surface area contributed by atoms with Gasteiger partial charge in [0.1, 0.15) is 0 Å². The van der Waals surface area contributed by atoms with Crippen molar-refractivity contribution in [2.45, 2.75) is 89.8 Å². The van der Waals surface area contributed by atoms with Gasteiger partial charge in [0.25, 0.3) is 0 Å². The normalized spacial score (nSPS) is 13.5. The van der Waals surface area contributed by atoms with Crippen molar-refractivity contribution in [3.8, 4) is 0 Å². The minimum Gasteiger partial charge on any atom is -0.387 e. The molecule has 0 aromatic heterocycles. The van der Waals surface area contributed by atoms with Gasteiger partial charge in [-0.05, 0) is 18.4 Å². The van der Waals surface area contributed by atoms with Gasteiger partial charge in [-0.3, -0.25) is 0 Å². The Morgan fingerprint density at radius 1 is 0.960 bits per heavy atom. The van der Waals surface area contributed by atoms with Crippen molar-refractivity contribution in [3.63, 3.8) is 0 Å². The Morgan fingerprint density at radius 3 is 2.16 bits per heavy atom. The number of aliphatic hydroxyl groups is 1. The molecule has 0 aliphatic heterocycles. The predicted molar refractivity (Wildman–Crippen MR) is 108 cm³/mol. The van der Waals surface area contributed by atoms with Gasteiger partial charge in [-0.25, -0.2) is 0 Å². The molecule has 0 fully saturated rings. The van der Waals surface area contributed by atoms with Gasteiger partial charge in [0.2, 0.25) is 0 Å². The summed E-state index contributed by atoms with van der Waals surface area (Å²) in [5.74, 6) is 0. The molecule has 1 aromatic rings. The molecular formula is C23H38O2. The van der Waals surface area contributed by atoms with Gasteiger partial charge in [0, 0.05) is 0 Å². The van der Waals surface area contributed by atoms with Crippen molar-refractivity contribution in [1.29, 1.82) is 0 Å². The molecule has 1 rings (SSSR count). The Morgan fingerprint density at radius 2 is 1.56 bits per heavy atom. The van der Waals surface area contributed by atoms with Crippen molar-refractivity contribution < 1.29 is 9.84 Å². The highest BCUT2D eigenvalue weighted by Gasteiger charge is 2.25. The highest BCUT2D eigenvalue weighted by molar-refractivity contribution is 5.13. The number of ether oxygens (including phenoxy) is 1. The first-order chi connectivity index (χ1) is 12.2. The molecule has 1 aromatic carbocycles. The summed E-state index contributed by atoms with van der Waals surface area (Å²) in [7, 11) is 0. The van der Waals surface area contributed by atoms with Crippen LogP contribution in [0.3, 0.4) is 0 Å². The zero-order valence-electron chi connectivity index (χ0n) is 16.2. The highest BCUT2D eigenvalue weighted by Crippen LogP contribution is 2.22. The van der Waals surface area contributed by atoms with E-state index in [1.165, 1.54) is 51.4 Å². The van der Waals surface area contributed by atoms with Crippen LogP contribution in [0.15, 0.2) is 43.0 Å². The summed E-state index contributed by atoms with van der Waals surface area (Å²) in [6.45, 7) is 6.98. The second-order valence-electron chi connectivity index (χ2n) is 7.27. The van der Waals surface area contributed by atoms with Crippen molar-refractivity contribution in [2.24, 2.45) is 0 Å². The van der Waals surface area contributed by atoms with Gasteiger partial charge >= 0.3 is 0 Å². The fourth-order valence-electron chi connectivity index (χ4n) is 3.20. The third-order valence-corrected chi connectivity index (χ3v) is 4.75. The Labute approximate surface area is 155 Å². The van der Waals surface area contributed by atoms with Gasteiger partial charge in [-0.1, -0.05) is 101 Å². The first-order valence-corrected chi connectivity index (χ1v) is 10.1. The number of benzene rings is 1. The lowest BCUT2D eigenvalue weighted by Gasteiger charge is -2.27. The van der Waals surface area contributed by atoms with Crippen LogP contribution in [0.25, 0.3) is 0 Å². The molecular weight excluding hydrogens is 308 g/mol. The molecule has 0 saturated carbocycles. The maximum Gasteiger partial charge on any atom is 0.0914 e. The fourth-order valence-corrected chi connectivity index (χ4v) is 3.20. The van der Waals surface area contributed by atoms with Gasteiger partial charge in [-0.15, -0.1) is 6.58 Å². The monoisotopic (exact) mass is 346 g/mol. The first kappa shape index (κ1) is 21.9. The molecule has 0 heterocycles. The van der Waals surface area contributed by atoms with Gasteiger partial charge in [-0.2, -0.15) is 0 Å². The maximum atomic E-state index is 10.8. The fraction of sp³-hybridized carbons (Fsp3) is 0.652. The van der Waals surface area contributed by atoms with Crippen LogP contribution in [0.4, 0.5) is 0 Å². The van der Waals surface area contributed by atoms with Crippen LogP contribution >= 0.6 is 0 Å². The minimum atomic E-state index is -0.766. The van der Waals surface area contributed by atoms with Gasteiger partial charge in [0.05, 0.1) is 18.8 Å². The third kappa shape index (κ3) is 11.2. The van der Waals surface area contributed by atoms with E-state index in [9.17, 15) is 5.11 Å². The van der Waals surface area contributed by atoms with Crippen LogP contribution in [0, 0.1) is 0 Å². The molecule has 0 unspecified atom stereocenters. The summed E-state index contributed by atoms with van der Waals surface area (Å²) < 4.78 is 5.77. The minimum absolute atomic E-state index is 0.380. The molecule has 0 spiro atoms. The molecule has 0 saturated heterocycles. The predicted octanol–water partition coefficient (Wildman–Crippen LogP) is 6.43. The summed E-state index contributed by atoms with van der Waals surface area (Å²) >= 11 is 0. The van der Waals surface area contributed by atoms with Gasteiger partial charge in [0.15, 0.2) is 0 Å². The second kappa shape index (κ2) is 14.1. The van der Waals surface area contributed by atoms with E-state index < -0.39 is 5.60 Å². The van der Waals surface area contributed by atoms with Crippen molar-refractivity contribution in [1.82, 2.24) is 0 Å². The number of unbranched alkanes of at least 4 members (excludes halogenated alkanes) is 8. The van der Waals surface area contributed by atoms with E-state index in [4.69, 9.17) is 4.74 Å². The summed E-state index contributed by atoms with van der Waals surface area (Å²) in [5.41, 5.74) is 0.379. The zero-order chi connectivity index (χ0) is 18.2. The molecule has 0 aliphatic carbocycles. The standard InChI is InChI=1S/C23H38O2/c1-3-5-6-7-8-9-10-11-15-19-23(24,18-4-2)21-25-20-22-16-13-12-14-17-22/h4,12-14,16-17,24H,2-3,5-11,15,18-21H2,1H3/t23-/m1/s1. The lowest BCUT2D eigenvalue weighted by atomic mass is 9.93. The molecule has 0 radical (unpaired) electrons. The maximum absolute atomic E-state index is 10.8. The van der Waals surface area contributed by atoms with Crippen LogP contribution in [0.5, 0.6) is 0 Å². The molecule has 1 atom stereocenters. The first-order valence-electron chi connectivity index (χ1n) is 10.1. The van der Waals surface area contributed by atoms with Crippen molar-refractivity contribution in [2.75, 3.05) is 6.61 Å². The summed E-state index contributed by atoms with van der Waals surface area (Å²) in [6.07, 6.45) is 14.9. The lowest BCUT2D eigenvalue weighted by Crippen LogP contribution is -2.34. The van der Waals surface area contributed by atoms with Crippen LogP contribution < -0.4 is 0 Å². The van der Waals surface area contributed by atoms with Crippen LogP contribution in [0.1, 0.15) is 83.1 Å². The van der Waals surface area contributed by atoms with Crippen molar-refractivity contribution >= 4 is 0 Å². The summed E-state index contributed by atoms with van der Waals surface area (Å²) in [6, 6.07) is 10.1.